The average Bonchev–Trinajstić information content (AvgIpc) is 2.89. The summed E-state index contributed by atoms with van der Waals surface area (Å²) in [6.07, 6.45) is 8.43. The van der Waals surface area contributed by atoms with Crippen molar-refractivity contribution in [3.63, 3.8) is 0 Å². The summed E-state index contributed by atoms with van der Waals surface area (Å²) in [6, 6.07) is 0. The van der Waals surface area contributed by atoms with E-state index in [1.54, 1.807) is 0 Å². The van der Waals surface area contributed by atoms with Crippen LogP contribution in [0.4, 0.5) is 0 Å². The van der Waals surface area contributed by atoms with E-state index in [1.807, 2.05) is 0 Å². The molecule has 3 unspecified atom stereocenters. The molecule has 1 amide bonds. The Kier molecular flexibility index (Phi) is 5.22. The molecule has 1 aliphatic heterocycles. The van der Waals surface area contributed by atoms with Crippen LogP contribution in [-0.2, 0) is 9.53 Å². The van der Waals surface area contributed by atoms with Gasteiger partial charge in [0.2, 0.25) is 5.91 Å². The van der Waals surface area contributed by atoms with Crippen LogP contribution in [0.2, 0.25) is 0 Å². The second-order valence-electron chi connectivity index (χ2n) is 6.41. The third-order valence-corrected chi connectivity index (χ3v) is 4.60. The monoisotopic (exact) mass is 268 g/mol. The summed E-state index contributed by atoms with van der Waals surface area (Å²) in [5.74, 6) is 0.811. The van der Waals surface area contributed by atoms with E-state index in [0.29, 0.717) is 25.0 Å². The Labute approximate surface area is 116 Å². The van der Waals surface area contributed by atoms with Crippen LogP contribution in [0.5, 0.6) is 0 Å². The molecule has 0 aromatic carbocycles. The van der Waals surface area contributed by atoms with Crippen LogP contribution in [0.1, 0.15) is 58.3 Å². The van der Waals surface area contributed by atoms with Crippen LogP contribution in [0.3, 0.4) is 0 Å². The highest BCUT2D eigenvalue weighted by atomic mass is 16.5. The van der Waals surface area contributed by atoms with Crippen molar-refractivity contribution in [1.82, 2.24) is 5.32 Å². The molecule has 0 spiro atoms. The summed E-state index contributed by atoms with van der Waals surface area (Å²) in [5, 5.41) is 3.22. The van der Waals surface area contributed by atoms with Gasteiger partial charge in [0.25, 0.3) is 0 Å². The quantitative estimate of drug-likeness (QED) is 0.801. The third kappa shape index (κ3) is 4.18. The molecule has 3 atom stereocenters. The van der Waals surface area contributed by atoms with Gasteiger partial charge in [-0.05, 0) is 38.0 Å². The fraction of sp³-hybridized carbons (Fsp3) is 0.933. The van der Waals surface area contributed by atoms with Crippen LogP contribution >= 0.6 is 0 Å². The van der Waals surface area contributed by atoms with Gasteiger partial charge in [0.05, 0.1) is 11.6 Å². The lowest BCUT2D eigenvalue weighted by Crippen LogP contribution is -2.56. The van der Waals surface area contributed by atoms with Gasteiger partial charge < -0.3 is 15.8 Å². The van der Waals surface area contributed by atoms with Gasteiger partial charge in [0, 0.05) is 19.6 Å². The molecule has 1 aliphatic carbocycles. The zero-order valence-corrected chi connectivity index (χ0v) is 12.1. The summed E-state index contributed by atoms with van der Waals surface area (Å²) in [7, 11) is 0. The zero-order valence-electron chi connectivity index (χ0n) is 12.1. The van der Waals surface area contributed by atoms with Crippen molar-refractivity contribution in [3.8, 4) is 0 Å². The molecule has 19 heavy (non-hydrogen) atoms. The molecular formula is C15H28N2O2. The maximum Gasteiger partial charge on any atom is 0.220 e. The first-order valence-electron chi connectivity index (χ1n) is 7.76. The molecule has 4 heteroatoms. The van der Waals surface area contributed by atoms with Crippen molar-refractivity contribution in [2.45, 2.75) is 69.9 Å². The number of nitrogens with two attached hydrogens (primary N) is 1. The molecule has 3 N–H and O–H groups in total. The van der Waals surface area contributed by atoms with Crippen LogP contribution in [0.25, 0.3) is 0 Å². The van der Waals surface area contributed by atoms with Gasteiger partial charge in [-0.1, -0.05) is 19.8 Å². The highest BCUT2D eigenvalue weighted by Crippen LogP contribution is 2.31. The largest absolute Gasteiger partial charge is 0.378 e. The number of nitrogens with one attached hydrogen (secondary N) is 1. The molecule has 110 valence electrons. The first-order chi connectivity index (χ1) is 9.13. The summed E-state index contributed by atoms with van der Waals surface area (Å²) >= 11 is 0. The molecule has 0 aromatic rings. The van der Waals surface area contributed by atoms with Gasteiger partial charge in [0.15, 0.2) is 0 Å². The molecule has 4 nitrogen and oxygen atoms in total. The zero-order chi connectivity index (χ0) is 13.7. The van der Waals surface area contributed by atoms with E-state index in [0.717, 1.165) is 38.7 Å². The maximum absolute atomic E-state index is 12.1. The van der Waals surface area contributed by atoms with Crippen LogP contribution in [0, 0.1) is 5.92 Å². The Balaban J connectivity index is 1.78. The molecule has 1 saturated heterocycles. The second kappa shape index (κ2) is 6.71. The number of hydrogen-bond acceptors (Lipinski definition) is 3. The second-order valence-corrected chi connectivity index (χ2v) is 6.41. The van der Waals surface area contributed by atoms with Crippen molar-refractivity contribution in [2.75, 3.05) is 13.2 Å². The molecule has 1 heterocycles. The van der Waals surface area contributed by atoms with Crippen LogP contribution in [-0.4, -0.2) is 30.7 Å². The summed E-state index contributed by atoms with van der Waals surface area (Å²) in [6.45, 7) is 3.67. The van der Waals surface area contributed by atoms with Gasteiger partial charge in [-0.25, -0.2) is 0 Å². The highest BCUT2D eigenvalue weighted by Gasteiger charge is 2.35. The normalized spacial score (nSPS) is 35.3. The van der Waals surface area contributed by atoms with Crippen LogP contribution in [0.15, 0.2) is 0 Å². The SMILES string of the molecule is CC1CCCC(CN)(NC(=O)CCC2CCCO2)C1. The first kappa shape index (κ1) is 14.8. The predicted octanol–water partition coefficient (Wildman–Crippen LogP) is 1.97. The Hall–Kier alpha value is -0.610. The molecule has 1 saturated carbocycles. The van der Waals surface area contributed by atoms with Gasteiger partial charge in [-0.3, -0.25) is 4.79 Å². The average molecular weight is 268 g/mol. The Morgan fingerprint density at radius 3 is 2.89 bits per heavy atom. The van der Waals surface area contributed by atoms with Gasteiger partial charge in [0.1, 0.15) is 0 Å². The fourth-order valence-electron chi connectivity index (χ4n) is 3.53. The lowest BCUT2D eigenvalue weighted by Gasteiger charge is -2.40. The standard InChI is InChI=1S/C15H28N2O2/c1-12-4-2-8-15(10-12,11-16)17-14(18)7-6-13-5-3-9-19-13/h12-13H,2-11,16H2,1H3,(H,17,18). The van der Waals surface area contributed by atoms with Crippen molar-refractivity contribution in [3.05, 3.63) is 0 Å². The van der Waals surface area contributed by atoms with E-state index < -0.39 is 0 Å². The Bertz CT molecular complexity index is 303. The molecule has 2 rings (SSSR count). The van der Waals surface area contributed by atoms with E-state index in [1.165, 1.54) is 12.8 Å². The number of ether oxygens (including phenoxy) is 1. The number of hydrogen-bond donors (Lipinski definition) is 2. The first-order valence-corrected chi connectivity index (χ1v) is 7.76. The number of rotatable bonds is 5. The highest BCUT2D eigenvalue weighted by molar-refractivity contribution is 5.76. The molecule has 0 bridgehead atoms. The summed E-state index contributed by atoms with van der Waals surface area (Å²) < 4.78 is 5.56. The summed E-state index contributed by atoms with van der Waals surface area (Å²) in [4.78, 5) is 12.1. The minimum atomic E-state index is -0.148. The predicted molar refractivity (Wildman–Crippen MR) is 75.8 cm³/mol. The fourth-order valence-corrected chi connectivity index (χ4v) is 3.53. The van der Waals surface area contributed by atoms with E-state index in [9.17, 15) is 4.79 Å². The van der Waals surface area contributed by atoms with Crippen molar-refractivity contribution >= 4 is 5.91 Å². The topological polar surface area (TPSA) is 64.3 Å². The van der Waals surface area contributed by atoms with Gasteiger partial charge >= 0.3 is 0 Å². The lowest BCUT2D eigenvalue weighted by molar-refractivity contribution is -0.124. The van der Waals surface area contributed by atoms with E-state index in [-0.39, 0.29) is 11.4 Å². The number of amides is 1. The number of carbonyl (C=O) groups is 1. The van der Waals surface area contributed by atoms with E-state index in [2.05, 4.69) is 12.2 Å². The maximum atomic E-state index is 12.1. The van der Waals surface area contributed by atoms with Crippen molar-refractivity contribution in [1.29, 1.82) is 0 Å². The number of carbonyl (C=O) groups excluding carboxylic acids is 1. The molecule has 2 aliphatic rings. The Morgan fingerprint density at radius 1 is 1.42 bits per heavy atom. The molecular weight excluding hydrogens is 240 g/mol. The van der Waals surface area contributed by atoms with Gasteiger partial charge in [-0.2, -0.15) is 0 Å². The minimum absolute atomic E-state index is 0.148. The smallest absolute Gasteiger partial charge is 0.220 e. The third-order valence-electron chi connectivity index (χ3n) is 4.60. The lowest BCUT2D eigenvalue weighted by atomic mass is 9.76. The molecule has 0 radical (unpaired) electrons. The van der Waals surface area contributed by atoms with Gasteiger partial charge in [-0.15, -0.1) is 0 Å². The Morgan fingerprint density at radius 2 is 2.26 bits per heavy atom. The molecule has 0 aromatic heterocycles. The summed E-state index contributed by atoms with van der Waals surface area (Å²) in [5.41, 5.74) is 5.78. The minimum Gasteiger partial charge on any atom is -0.378 e. The van der Waals surface area contributed by atoms with Crippen molar-refractivity contribution in [2.24, 2.45) is 11.7 Å². The van der Waals surface area contributed by atoms with Crippen LogP contribution < -0.4 is 11.1 Å². The molecule has 2 fully saturated rings. The van der Waals surface area contributed by atoms with E-state index >= 15 is 0 Å². The van der Waals surface area contributed by atoms with E-state index in [4.69, 9.17) is 10.5 Å². The van der Waals surface area contributed by atoms with Crippen molar-refractivity contribution < 1.29 is 9.53 Å².